The molecule has 1 aromatic carbocycles. The number of hydrogen-bond donors (Lipinski definition) is 4. The van der Waals surface area contributed by atoms with Crippen LogP contribution in [0.1, 0.15) is 5.56 Å². The lowest BCUT2D eigenvalue weighted by molar-refractivity contribution is -0.146. The molecule has 0 heterocycles. The van der Waals surface area contributed by atoms with Crippen LogP contribution in [0.25, 0.3) is 0 Å². The van der Waals surface area contributed by atoms with Gasteiger partial charge >= 0.3 is 12.0 Å². The Kier molecular flexibility index (Phi) is 5.11. The Hall–Kier alpha value is -2.30. The third-order valence-electron chi connectivity index (χ3n) is 2.09. The van der Waals surface area contributed by atoms with Crippen molar-refractivity contribution in [3.05, 3.63) is 28.8 Å². The number of aliphatic carboxylic acids is 1. The van der Waals surface area contributed by atoms with E-state index in [1.54, 1.807) is 0 Å². The molecule has 0 radical (unpaired) electrons. The van der Waals surface area contributed by atoms with Crippen LogP contribution in [0.3, 0.4) is 0 Å². The number of carbonyl (C=O) groups excluding carboxylic acids is 1. The fraction of sp³-hybridized carbons (Fsp3) is 0.182. The quantitative estimate of drug-likeness (QED) is 0.650. The minimum atomic E-state index is -1.68. The Morgan fingerprint density at radius 3 is 2.68 bits per heavy atom. The third-order valence-corrected chi connectivity index (χ3v) is 2.40. The molecule has 0 aliphatic rings. The second kappa shape index (κ2) is 6.58. The molecule has 0 aliphatic heterocycles. The first-order valence-corrected chi connectivity index (χ1v) is 5.47. The van der Waals surface area contributed by atoms with Crippen molar-refractivity contribution in [3.8, 4) is 6.07 Å². The molecule has 0 aliphatic carbocycles. The van der Waals surface area contributed by atoms with Crippen LogP contribution < -0.4 is 10.6 Å². The lowest BCUT2D eigenvalue weighted by Crippen LogP contribution is -2.38. The minimum absolute atomic E-state index is 0.174. The van der Waals surface area contributed by atoms with Crippen molar-refractivity contribution in [1.29, 1.82) is 5.26 Å². The first-order chi connectivity index (χ1) is 8.93. The number of anilines is 1. The van der Waals surface area contributed by atoms with Crippen molar-refractivity contribution >= 4 is 29.3 Å². The van der Waals surface area contributed by atoms with Gasteiger partial charge < -0.3 is 20.8 Å². The van der Waals surface area contributed by atoms with Gasteiger partial charge in [-0.2, -0.15) is 5.26 Å². The molecule has 1 rings (SSSR count). The van der Waals surface area contributed by atoms with E-state index in [-0.39, 0.29) is 10.7 Å². The fourth-order valence-electron chi connectivity index (χ4n) is 1.13. The number of nitrogens with one attached hydrogen (secondary N) is 2. The summed E-state index contributed by atoms with van der Waals surface area (Å²) in [5.74, 6) is -1.43. The molecular weight excluding hydrogens is 274 g/mol. The predicted octanol–water partition coefficient (Wildman–Crippen LogP) is 0.779. The molecule has 0 aromatic heterocycles. The highest BCUT2D eigenvalue weighted by molar-refractivity contribution is 6.33. The summed E-state index contributed by atoms with van der Waals surface area (Å²) in [6.07, 6.45) is -1.68. The van der Waals surface area contributed by atoms with Crippen LogP contribution in [0.4, 0.5) is 10.5 Å². The first kappa shape index (κ1) is 14.8. The number of carbonyl (C=O) groups is 2. The van der Waals surface area contributed by atoms with Gasteiger partial charge in [-0.3, -0.25) is 0 Å². The molecule has 1 unspecified atom stereocenters. The summed E-state index contributed by atoms with van der Waals surface area (Å²) >= 11 is 5.83. The maximum absolute atomic E-state index is 11.4. The van der Waals surface area contributed by atoms with Crippen molar-refractivity contribution < 1.29 is 19.8 Å². The van der Waals surface area contributed by atoms with Crippen LogP contribution in [0, 0.1) is 11.3 Å². The van der Waals surface area contributed by atoms with Gasteiger partial charge in [-0.05, 0) is 18.2 Å². The highest BCUT2D eigenvalue weighted by Gasteiger charge is 2.14. The number of nitrogens with zero attached hydrogens (tertiary/aromatic N) is 1. The van der Waals surface area contributed by atoms with Crippen LogP contribution in [0.2, 0.25) is 5.02 Å². The van der Waals surface area contributed by atoms with Crippen LogP contribution >= 0.6 is 11.6 Å². The number of benzene rings is 1. The van der Waals surface area contributed by atoms with Crippen LogP contribution in [-0.2, 0) is 4.79 Å². The molecule has 0 saturated heterocycles. The van der Waals surface area contributed by atoms with Gasteiger partial charge in [0.1, 0.15) is 0 Å². The summed E-state index contributed by atoms with van der Waals surface area (Å²) < 4.78 is 0. The number of amides is 2. The van der Waals surface area contributed by atoms with E-state index in [2.05, 4.69) is 10.6 Å². The summed E-state index contributed by atoms with van der Waals surface area (Å²) in [5, 5.41) is 30.7. The molecular formula is C11H10ClN3O4. The number of rotatable bonds is 4. The van der Waals surface area contributed by atoms with E-state index < -0.39 is 24.6 Å². The summed E-state index contributed by atoms with van der Waals surface area (Å²) in [4.78, 5) is 21.7. The second-order valence-electron chi connectivity index (χ2n) is 3.50. The monoisotopic (exact) mass is 283 g/mol. The number of urea groups is 1. The smallest absolute Gasteiger partial charge is 0.334 e. The van der Waals surface area contributed by atoms with Crippen molar-refractivity contribution in [2.24, 2.45) is 0 Å². The van der Waals surface area contributed by atoms with Crippen LogP contribution in [0.15, 0.2) is 18.2 Å². The van der Waals surface area contributed by atoms with E-state index in [1.807, 2.05) is 6.07 Å². The van der Waals surface area contributed by atoms with Crippen molar-refractivity contribution in [2.45, 2.75) is 6.10 Å². The Morgan fingerprint density at radius 2 is 2.16 bits per heavy atom. The molecule has 0 bridgehead atoms. The second-order valence-corrected chi connectivity index (χ2v) is 3.90. The highest BCUT2D eigenvalue weighted by Crippen LogP contribution is 2.22. The molecule has 4 N–H and O–H groups in total. The molecule has 0 saturated carbocycles. The largest absolute Gasteiger partial charge is 0.479 e. The SMILES string of the molecule is N#Cc1ccc(NC(=O)NCC(O)C(=O)O)c(Cl)c1. The standard InChI is InChI=1S/C11H10ClN3O4/c12-7-3-6(4-13)1-2-8(7)15-11(19)14-5-9(16)10(17)18/h1-3,9,16H,5H2,(H,17,18)(H2,14,15,19). The Morgan fingerprint density at radius 1 is 1.47 bits per heavy atom. The molecule has 1 aromatic rings. The summed E-state index contributed by atoms with van der Waals surface area (Å²) in [6.45, 7) is -0.435. The number of aliphatic hydroxyl groups is 1. The van der Waals surface area contributed by atoms with Crippen molar-refractivity contribution in [1.82, 2.24) is 5.32 Å². The normalized spacial score (nSPS) is 11.2. The fourth-order valence-corrected chi connectivity index (χ4v) is 1.36. The molecule has 1 atom stereocenters. The van der Waals surface area contributed by atoms with E-state index in [4.69, 9.17) is 27.1 Å². The molecule has 0 spiro atoms. The average molecular weight is 284 g/mol. The highest BCUT2D eigenvalue weighted by atomic mass is 35.5. The van der Waals surface area contributed by atoms with Gasteiger partial charge in [0.15, 0.2) is 6.10 Å². The van der Waals surface area contributed by atoms with Crippen molar-refractivity contribution in [3.63, 3.8) is 0 Å². The number of carboxylic acids is 1. The Balaban J connectivity index is 2.58. The number of aliphatic hydroxyl groups excluding tert-OH is 1. The number of carboxylic acid groups (broad SMARTS) is 1. The lowest BCUT2D eigenvalue weighted by Gasteiger charge is -2.10. The van der Waals surface area contributed by atoms with E-state index in [0.29, 0.717) is 5.56 Å². The van der Waals surface area contributed by atoms with Crippen LogP contribution in [-0.4, -0.2) is 34.9 Å². The molecule has 7 nitrogen and oxygen atoms in total. The molecule has 0 fully saturated rings. The zero-order valence-corrected chi connectivity index (χ0v) is 10.3. The van der Waals surface area contributed by atoms with E-state index in [1.165, 1.54) is 18.2 Å². The Labute approximate surface area is 113 Å². The maximum Gasteiger partial charge on any atom is 0.334 e. The average Bonchev–Trinajstić information content (AvgIpc) is 2.38. The molecule has 2 amide bonds. The zero-order chi connectivity index (χ0) is 14.4. The number of nitriles is 1. The zero-order valence-electron chi connectivity index (χ0n) is 9.55. The Bertz CT molecular complexity index is 541. The van der Waals surface area contributed by atoms with Gasteiger partial charge in [0.05, 0.1) is 28.9 Å². The van der Waals surface area contributed by atoms with E-state index >= 15 is 0 Å². The third kappa shape index (κ3) is 4.46. The van der Waals surface area contributed by atoms with E-state index in [0.717, 1.165) is 0 Å². The van der Waals surface area contributed by atoms with Gasteiger partial charge in [-0.1, -0.05) is 11.6 Å². The van der Waals surface area contributed by atoms with Gasteiger partial charge in [0, 0.05) is 0 Å². The predicted molar refractivity (Wildman–Crippen MR) is 66.8 cm³/mol. The van der Waals surface area contributed by atoms with Crippen molar-refractivity contribution in [2.75, 3.05) is 11.9 Å². The molecule has 100 valence electrons. The van der Waals surface area contributed by atoms with E-state index in [9.17, 15) is 9.59 Å². The minimum Gasteiger partial charge on any atom is -0.479 e. The lowest BCUT2D eigenvalue weighted by atomic mass is 10.2. The summed E-state index contributed by atoms with van der Waals surface area (Å²) in [5.41, 5.74) is 0.611. The van der Waals surface area contributed by atoms with Gasteiger partial charge in [-0.25, -0.2) is 9.59 Å². The molecule has 8 heteroatoms. The molecule has 19 heavy (non-hydrogen) atoms. The number of halogens is 1. The van der Waals surface area contributed by atoms with Gasteiger partial charge in [0.25, 0.3) is 0 Å². The summed E-state index contributed by atoms with van der Waals surface area (Å²) in [6, 6.07) is 5.46. The van der Waals surface area contributed by atoms with Gasteiger partial charge in [-0.15, -0.1) is 0 Å². The van der Waals surface area contributed by atoms with Crippen LogP contribution in [0.5, 0.6) is 0 Å². The topological polar surface area (TPSA) is 122 Å². The number of hydrogen-bond acceptors (Lipinski definition) is 4. The first-order valence-electron chi connectivity index (χ1n) is 5.09. The maximum atomic E-state index is 11.4. The summed E-state index contributed by atoms with van der Waals surface area (Å²) in [7, 11) is 0. The van der Waals surface area contributed by atoms with Gasteiger partial charge in [0.2, 0.25) is 0 Å².